The standard InChI is InChI=1S/C18H20Cl2N4O/c1-23-4-6-24(7-5-23)17-3-2-13(11-21-17)12-22-18(25)14-8-15(19)10-16(20)9-14/h2-3,8-11H,4-7,12H2,1H3,(H,22,25). The summed E-state index contributed by atoms with van der Waals surface area (Å²) < 4.78 is 0. The molecule has 0 bridgehead atoms. The first-order chi connectivity index (χ1) is 12.0. The fourth-order valence-corrected chi connectivity index (χ4v) is 3.24. The highest BCUT2D eigenvalue weighted by Gasteiger charge is 2.15. The zero-order valence-electron chi connectivity index (χ0n) is 14.0. The van der Waals surface area contributed by atoms with Crippen LogP contribution in [0.1, 0.15) is 15.9 Å². The molecule has 2 heterocycles. The van der Waals surface area contributed by atoms with Gasteiger partial charge >= 0.3 is 0 Å². The van der Waals surface area contributed by atoms with E-state index in [0.717, 1.165) is 37.6 Å². The highest BCUT2D eigenvalue weighted by Crippen LogP contribution is 2.19. The number of aromatic nitrogens is 1. The number of nitrogens with zero attached hydrogens (tertiary/aromatic N) is 3. The van der Waals surface area contributed by atoms with Gasteiger partial charge in [-0.05, 0) is 36.9 Å². The Labute approximate surface area is 157 Å². The molecule has 1 aromatic carbocycles. The Morgan fingerprint density at radius 3 is 2.40 bits per heavy atom. The first kappa shape index (κ1) is 18.0. The third-order valence-corrected chi connectivity index (χ3v) is 4.65. The van der Waals surface area contributed by atoms with E-state index in [0.29, 0.717) is 22.2 Å². The Morgan fingerprint density at radius 2 is 1.80 bits per heavy atom. The van der Waals surface area contributed by atoms with Crippen molar-refractivity contribution in [3.63, 3.8) is 0 Å². The van der Waals surface area contributed by atoms with E-state index in [-0.39, 0.29) is 5.91 Å². The van der Waals surface area contributed by atoms with E-state index in [1.807, 2.05) is 12.1 Å². The van der Waals surface area contributed by atoms with Gasteiger partial charge in [-0.25, -0.2) is 4.98 Å². The van der Waals surface area contributed by atoms with Crippen LogP contribution in [-0.2, 0) is 6.54 Å². The lowest BCUT2D eigenvalue weighted by Gasteiger charge is -2.33. The molecule has 1 fully saturated rings. The SMILES string of the molecule is CN1CCN(c2ccc(CNC(=O)c3cc(Cl)cc(Cl)c3)cn2)CC1. The summed E-state index contributed by atoms with van der Waals surface area (Å²) in [6, 6.07) is 8.78. The van der Waals surface area contributed by atoms with Gasteiger partial charge in [0.1, 0.15) is 5.82 Å². The molecule has 1 amide bonds. The van der Waals surface area contributed by atoms with Gasteiger partial charge in [0.25, 0.3) is 5.91 Å². The maximum absolute atomic E-state index is 12.2. The van der Waals surface area contributed by atoms with Gasteiger partial charge in [0.2, 0.25) is 0 Å². The third-order valence-electron chi connectivity index (χ3n) is 4.21. The molecule has 25 heavy (non-hydrogen) atoms. The van der Waals surface area contributed by atoms with Crippen LogP contribution in [0.3, 0.4) is 0 Å². The van der Waals surface area contributed by atoms with Crippen LogP contribution in [-0.4, -0.2) is 49.0 Å². The van der Waals surface area contributed by atoms with Gasteiger partial charge in [-0.3, -0.25) is 4.79 Å². The van der Waals surface area contributed by atoms with Crippen LogP contribution >= 0.6 is 23.2 Å². The number of carbonyl (C=O) groups is 1. The fourth-order valence-electron chi connectivity index (χ4n) is 2.71. The average Bonchev–Trinajstić information content (AvgIpc) is 2.60. The molecule has 7 heteroatoms. The summed E-state index contributed by atoms with van der Waals surface area (Å²) in [5.41, 5.74) is 1.39. The molecule has 0 saturated carbocycles. The molecule has 0 unspecified atom stereocenters. The van der Waals surface area contributed by atoms with Crippen molar-refractivity contribution in [2.45, 2.75) is 6.54 Å². The Kier molecular flexibility index (Phi) is 5.78. The molecule has 2 aromatic rings. The normalized spacial score (nSPS) is 15.2. The van der Waals surface area contributed by atoms with Gasteiger partial charge < -0.3 is 15.1 Å². The molecule has 0 aliphatic carbocycles. The second-order valence-electron chi connectivity index (χ2n) is 6.16. The van der Waals surface area contributed by atoms with E-state index in [9.17, 15) is 4.79 Å². The van der Waals surface area contributed by atoms with E-state index >= 15 is 0 Å². The number of likely N-dealkylation sites (N-methyl/N-ethyl adjacent to an activating group) is 1. The van der Waals surface area contributed by atoms with E-state index in [1.165, 1.54) is 0 Å². The van der Waals surface area contributed by atoms with Gasteiger partial charge in [-0.2, -0.15) is 0 Å². The molecule has 1 aromatic heterocycles. The topological polar surface area (TPSA) is 48.5 Å². The Bertz CT molecular complexity index is 723. The maximum Gasteiger partial charge on any atom is 0.251 e. The number of piperazine rings is 1. The summed E-state index contributed by atoms with van der Waals surface area (Å²) >= 11 is 11.9. The second kappa shape index (κ2) is 8.04. The maximum atomic E-state index is 12.2. The minimum Gasteiger partial charge on any atom is -0.354 e. The lowest BCUT2D eigenvalue weighted by molar-refractivity contribution is 0.0951. The zero-order chi connectivity index (χ0) is 17.8. The summed E-state index contributed by atoms with van der Waals surface area (Å²) in [5.74, 6) is 0.761. The third kappa shape index (κ3) is 4.84. The van der Waals surface area contributed by atoms with Crippen LogP contribution in [0.25, 0.3) is 0 Å². The molecule has 132 valence electrons. The van der Waals surface area contributed by atoms with Gasteiger partial charge in [0.15, 0.2) is 0 Å². The molecule has 1 aliphatic heterocycles. The van der Waals surface area contributed by atoms with Crippen molar-refractivity contribution in [3.05, 3.63) is 57.7 Å². The molecule has 3 rings (SSSR count). The molecule has 1 saturated heterocycles. The van der Waals surface area contributed by atoms with E-state index in [1.54, 1.807) is 24.4 Å². The Hall–Kier alpha value is -1.82. The van der Waals surface area contributed by atoms with Crippen molar-refractivity contribution in [2.75, 3.05) is 38.1 Å². The number of rotatable bonds is 4. The number of hydrogen-bond acceptors (Lipinski definition) is 4. The number of carbonyl (C=O) groups excluding carboxylic acids is 1. The zero-order valence-corrected chi connectivity index (χ0v) is 15.5. The summed E-state index contributed by atoms with van der Waals surface area (Å²) in [6.45, 7) is 4.45. The number of hydrogen-bond donors (Lipinski definition) is 1. The van der Waals surface area contributed by atoms with Crippen LogP contribution in [0.5, 0.6) is 0 Å². The van der Waals surface area contributed by atoms with Crippen LogP contribution in [0.2, 0.25) is 10.0 Å². The molecule has 0 atom stereocenters. The minimum absolute atomic E-state index is 0.215. The lowest BCUT2D eigenvalue weighted by atomic mass is 10.2. The van der Waals surface area contributed by atoms with E-state index < -0.39 is 0 Å². The van der Waals surface area contributed by atoms with Crippen molar-refractivity contribution >= 4 is 34.9 Å². The molecule has 1 N–H and O–H groups in total. The first-order valence-electron chi connectivity index (χ1n) is 8.14. The summed E-state index contributed by atoms with van der Waals surface area (Å²) in [5, 5.41) is 3.74. The summed E-state index contributed by atoms with van der Waals surface area (Å²) in [4.78, 5) is 21.3. The number of anilines is 1. The van der Waals surface area contributed by atoms with Crippen LogP contribution in [0, 0.1) is 0 Å². The lowest BCUT2D eigenvalue weighted by Crippen LogP contribution is -2.44. The largest absolute Gasteiger partial charge is 0.354 e. The molecular formula is C18H20Cl2N4O. The number of benzene rings is 1. The van der Waals surface area contributed by atoms with Crippen LogP contribution in [0.4, 0.5) is 5.82 Å². The predicted molar refractivity (Wildman–Crippen MR) is 102 cm³/mol. The quantitative estimate of drug-likeness (QED) is 0.887. The van der Waals surface area contributed by atoms with Crippen LogP contribution < -0.4 is 10.2 Å². The summed E-state index contributed by atoms with van der Waals surface area (Å²) in [7, 11) is 2.13. The fraction of sp³-hybridized carbons (Fsp3) is 0.333. The predicted octanol–water partition coefficient (Wildman–Crippen LogP) is 3.07. The highest BCUT2D eigenvalue weighted by atomic mass is 35.5. The van der Waals surface area contributed by atoms with Crippen molar-refractivity contribution in [2.24, 2.45) is 0 Å². The molecule has 0 spiro atoms. The van der Waals surface area contributed by atoms with Gasteiger partial charge in [0, 0.05) is 54.5 Å². The Morgan fingerprint density at radius 1 is 1.12 bits per heavy atom. The average molecular weight is 379 g/mol. The second-order valence-corrected chi connectivity index (χ2v) is 7.03. The highest BCUT2D eigenvalue weighted by molar-refractivity contribution is 6.35. The monoisotopic (exact) mass is 378 g/mol. The van der Waals surface area contributed by atoms with E-state index in [4.69, 9.17) is 23.2 Å². The van der Waals surface area contributed by atoms with Gasteiger partial charge in [-0.1, -0.05) is 29.3 Å². The number of nitrogens with one attached hydrogen (secondary N) is 1. The number of halogens is 2. The molecule has 0 radical (unpaired) electrons. The van der Waals surface area contributed by atoms with Gasteiger partial charge in [-0.15, -0.1) is 0 Å². The van der Waals surface area contributed by atoms with Crippen molar-refractivity contribution in [3.8, 4) is 0 Å². The smallest absolute Gasteiger partial charge is 0.251 e. The molecular weight excluding hydrogens is 359 g/mol. The minimum atomic E-state index is -0.215. The van der Waals surface area contributed by atoms with Crippen molar-refractivity contribution < 1.29 is 4.79 Å². The molecule has 5 nitrogen and oxygen atoms in total. The van der Waals surface area contributed by atoms with Crippen molar-refractivity contribution in [1.82, 2.24) is 15.2 Å². The number of amides is 1. The summed E-state index contributed by atoms with van der Waals surface area (Å²) in [6.07, 6.45) is 1.80. The first-order valence-corrected chi connectivity index (χ1v) is 8.89. The van der Waals surface area contributed by atoms with Crippen molar-refractivity contribution in [1.29, 1.82) is 0 Å². The van der Waals surface area contributed by atoms with Gasteiger partial charge in [0.05, 0.1) is 0 Å². The molecule has 1 aliphatic rings. The van der Waals surface area contributed by atoms with E-state index in [2.05, 4.69) is 27.1 Å². The Balaban J connectivity index is 1.57. The van der Waals surface area contributed by atoms with Crippen LogP contribution in [0.15, 0.2) is 36.5 Å². The number of pyridine rings is 1.